The first-order chi connectivity index (χ1) is 17.1. The molecule has 2 fully saturated rings. The number of nitrogens with one attached hydrogen (secondary N) is 1. The predicted octanol–water partition coefficient (Wildman–Crippen LogP) is 5.41. The van der Waals surface area contributed by atoms with Gasteiger partial charge in [0.1, 0.15) is 0 Å². The minimum atomic E-state index is -2.94. The largest absolute Gasteiger partial charge is 0.370 e. The molecule has 2 aliphatic heterocycles. The van der Waals surface area contributed by atoms with Crippen molar-refractivity contribution in [2.45, 2.75) is 38.0 Å². The third-order valence-corrected chi connectivity index (χ3v) is 9.14. The molecular weight excluding hydrogens is 520 g/mol. The van der Waals surface area contributed by atoms with Gasteiger partial charge in [-0.15, -0.1) is 0 Å². The lowest BCUT2D eigenvalue weighted by molar-refractivity contribution is -0.0854. The van der Waals surface area contributed by atoms with Crippen LogP contribution in [0, 0.1) is 0 Å². The Hall–Kier alpha value is -1.44. The highest BCUT2D eigenvalue weighted by atomic mass is 35.5. The zero-order valence-corrected chi connectivity index (χ0v) is 23.4. The number of benzene rings is 2. The molecule has 3 unspecified atom stereocenters. The van der Waals surface area contributed by atoms with E-state index in [1.165, 1.54) is 0 Å². The van der Waals surface area contributed by atoms with Crippen LogP contribution in [0.5, 0.6) is 0 Å². The summed E-state index contributed by atoms with van der Waals surface area (Å²) in [6.45, 7) is 6.88. The summed E-state index contributed by atoms with van der Waals surface area (Å²) < 4.78 is 27.0. The lowest BCUT2D eigenvalue weighted by Gasteiger charge is -2.38. The zero-order chi connectivity index (χ0) is 25.9. The van der Waals surface area contributed by atoms with Crippen LogP contribution in [0.25, 0.3) is 11.1 Å². The lowest BCUT2D eigenvalue weighted by Crippen LogP contribution is -2.46. The summed E-state index contributed by atoms with van der Waals surface area (Å²) in [6, 6.07) is 12.7. The molecule has 0 radical (unpaired) electrons. The Morgan fingerprint density at radius 1 is 1.11 bits per heavy atom. The second kappa shape index (κ2) is 12.0. The van der Waals surface area contributed by atoms with Gasteiger partial charge in [0.15, 0.2) is 0 Å². The number of halogens is 2. The van der Waals surface area contributed by atoms with Crippen LogP contribution >= 0.6 is 30.7 Å². The molecule has 2 aromatic rings. The van der Waals surface area contributed by atoms with Gasteiger partial charge in [-0.2, -0.15) is 0 Å². The third kappa shape index (κ3) is 7.32. The molecule has 2 heterocycles. The smallest absolute Gasteiger partial charge is 0.269 e. The Kier molecular flexibility index (Phi) is 9.16. The summed E-state index contributed by atoms with van der Waals surface area (Å²) in [5.41, 5.74) is 2.30. The highest BCUT2D eigenvalue weighted by Crippen LogP contribution is 2.48. The van der Waals surface area contributed by atoms with Crippen molar-refractivity contribution in [3.8, 4) is 11.1 Å². The number of hydrogen-bond acceptors (Lipinski definition) is 5. The van der Waals surface area contributed by atoms with Crippen molar-refractivity contribution in [3.63, 3.8) is 0 Å². The average Bonchev–Trinajstić information content (AvgIpc) is 2.82. The Morgan fingerprint density at radius 2 is 1.81 bits per heavy atom. The first-order valence-corrected chi connectivity index (χ1v) is 15.1. The number of morpholine rings is 1. The lowest BCUT2D eigenvalue weighted by atomic mass is 10.0. The molecular formula is C26H34Cl2N3O4P. The quantitative estimate of drug-likeness (QED) is 0.462. The molecule has 0 aromatic heterocycles. The van der Waals surface area contributed by atoms with Crippen LogP contribution in [0.4, 0.5) is 0 Å². The fourth-order valence-electron chi connectivity index (χ4n) is 4.87. The second-order valence-electron chi connectivity index (χ2n) is 9.83. The van der Waals surface area contributed by atoms with Crippen LogP contribution < -0.4 is 5.32 Å². The molecule has 0 saturated carbocycles. The van der Waals surface area contributed by atoms with Gasteiger partial charge in [0, 0.05) is 54.5 Å². The highest BCUT2D eigenvalue weighted by Gasteiger charge is 2.33. The van der Waals surface area contributed by atoms with Crippen LogP contribution in [0.3, 0.4) is 0 Å². The van der Waals surface area contributed by atoms with Gasteiger partial charge in [0.25, 0.3) is 13.4 Å². The van der Waals surface area contributed by atoms with E-state index >= 15 is 0 Å². The van der Waals surface area contributed by atoms with Gasteiger partial charge in [0.05, 0.1) is 18.8 Å². The van der Waals surface area contributed by atoms with E-state index in [1.54, 1.807) is 18.8 Å². The Morgan fingerprint density at radius 3 is 2.47 bits per heavy atom. The molecule has 4 rings (SSSR count). The molecule has 2 saturated heterocycles. The third-order valence-electron chi connectivity index (χ3n) is 6.65. The summed E-state index contributed by atoms with van der Waals surface area (Å²) in [5, 5.41) is 4.22. The Balaban J connectivity index is 1.29. The molecule has 3 atom stereocenters. The number of amides is 1. The maximum atomic E-state index is 13.3. The Bertz CT molecular complexity index is 1100. The van der Waals surface area contributed by atoms with Crippen molar-refractivity contribution in [1.29, 1.82) is 0 Å². The fraction of sp³-hybridized carbons (Fsp3) is 0.500. The molecule has 0 aliphatic carbocycles. The average molecular weight is 554 g/mol. The first kappa shape index (κ1) is 27.6. The van der Waals surface area contributed by atoms with Crippen LogP contribution in [0.15, 0.2) is 42.5 Å². The van der Waals surface area contributed by atoms with Crippen molar-refractivity contribution in [2.24, 2.45) is 0 Å². The van der Waals surface area contributed by atoms with Crippen LogP contribution in [-0.4, -0.2) is 80.2 Å². The van der Waals surface area contributed by atoms with E-state index in [9.17, 15) is 9.36 Å². The number of likely N-dealkylation sites (N-methyl/N-ethyl adjacent to an activating group) is 1. The molecule has 10 heteroatoms. The van der Waals surface area contributed by atoms with Crippen molar-refractivity contribution in [3.05, 3.63) is 58.1 Å². The van der Waals surface area contributed by atoms with E-state index in [-0.39, 0.29) is 24.2 Å². The first-order valence-electron chi connectivity index (χ1n) is 12.3. The summed E-state index contributed by atoms with van der Waals surface area (Å²) in [7, 11) is -0.886. The SMILES string of the molecule is CC1CN(C)CC(COP(C)(=O)N2CCC(NC(=O)c3cccc(-c4cc(Cl)cc(Cl)c4)c3)CC2)O1. The molecule has 36 heavy (non-hydrogen) atoms. The topological polar surface area (TPSA) is 71.1 Å². The summed E-state index contributed by atoms with van der Waals surface area (Å²) >= 11 is 12.3. The number of nitrogens with zero attached hydrogens (tertiary/aromatic N) is 2. The van der Waals surface area contributed by atoms with E-state index in [4.69, 9.17) is 32.5 Å². The molecule has 1 N–H and O–H groups in total. The van der Waals surface area contributed by atoms with Gasteiger partial charge < -0.3 is 19.5 Å². The number of ether oxygens (including phenoxy) is 1. The van der Waals surface area contributed by atoms with Crippen molar-refractivity contribution < 1.29 is 18.6 Å². The van der Waals surface area contributed by atoms with Crippen molar-refractivity contribution in [2.75, 3.05) is 46.5 Å². The monoisotopic (exact) mass is 553 g/mol. The van der Waals surface area contributed by atoms with Gasteiger partial charge >= 0.3 is 0 Å². The number of piperidine rings is 1. The van der Waals surface area contributed by atoms with Gasteiger partial charge in [-0.25, -0.2) is 4.67 Å². The van der Waals surface area contributed by atoms with Gasteiger partial charge in [-0.3, -0.25) is 9.36 Å². The molecule has 196 valence electrons. The molecule has 1 amide bonds. The van der Waals surface area contributed by atoms with E-state index in [2.05, 4.69) is 17.3 Å². The van der Waals surface area contributed by atoms with Gasteiger partial charge in [-0.1, -0.05) is 35.3 Å². The number of carbonyl (C=O) groups excluding carboxylic acids is 1. The molecule has 0 spiro atoms. The maximum Gasteiger partial charge on any atom is 0.269 e. The Labute approximate surface area is 223 Å². The van der Waals surface area contributed by atoms with E-state index in [1.807, 2.05) is 41.9 Å². The minimum Gasteiger partial charge on any atom is -0.370 e. The summed E-state index contributed by atoms with van der Waals surface area (Å²) in [5.74, 6) is -0.132. The maximum absolute atomic E-state index is 13.3. The summed E-state index contributed by atoms with van der Waals surface area (Å²) in [4.78, 5) is 15.2. The van der Waals surface area contributed by atoms with Crippen LogP contribution in [0.1, 0.15) is 30.1 Å². The van der Waals surface area contributed by atoms with E-state index in [0.717, 1.165) is 24.2 Å². The number of hydrogen-bond donors (Lipinski definition) is 1. The highest BCUT2D eigenvalue weighted by molar-refractivity contribution is 7.55. The normalized spacial score (nSPS) is 23.8. The number of rotatable bonds is 7. The van der Waals surface area contributed by atoms with Gasteiger partial charge in [0.2, 0.25) is 0 Å². The fourth-order valence-corrected chi connectivity index (χ4v) is 6.96. The van der Waals surface area contributed by atoms with E-state index in [0.29, 0.717) is 48.1 Å². The van der Waals surface area contributed by atoms with E-state index < -0.39 is 7.52 Å². The molecule has 2 aromatic carbocycles. The minimum absolute atomic E-state index is 0.00852. The second-order valence-corrected chi connectivity index (χ2v) is 13.1. The predicted molar refractivity (Wildman–Crippen MR) is 145 cm³/mol. The standard InChI is InChI=1S/C26H34Cl2N3O4P/c1-18-15-30(2)16-25(35-18)17-34-36(3,33)31-9-7-24(8-10-31)29-26(32)20-6-4-5-19(11-20)21-12-22(27)14-23(28)13-21/h4-6,11-14,18,24-25H,7-10,15-17H2,1-3H3,(H,29,32). The molecule has 2 aliphatic rings. The van der Waals surface area contributed by atoms with Crippen LogP contribution in [0.2, 0.25) is 10.0 Å². The summed E-state index contributed by atoms with van der Waals surface area (Å²) in [6.07, 6.45) is 1.46. The van der Waals surface area contributed by atoms with Crippen molar-refractivity contribution >= 4 is 36.6 Å². The molecule has 7 nitrogen and oxygen atoms in total. The number of carbonyl (C=O) groups is 1. The zero-order valence-electron chi connectivity index (χ0n) is 21.0. The van der Waals surface area contributed by atoms with Gasteiger partial charge in [-0.05, 0) is 68.3 Å². The van der Waals surface area contributed by atoms with Crippen molar-refractivity contribution in [1.82, 2.24) is 14.9 Å². The van der Waals surface area contributed by atoms with Crippen LogP contribution in [-0.2, 0) is 13.8 Å². The molecule has 0 bridgehead atoms.